The Morgan fingerprint density at radius 2 is 0.615 bits per heavy atom. The molecule has 0 aliphatic carbocycles. The molecule has 0 spiro atoms. The largest absolute Gasteiger partial charge is 0.780 e. The molecular formula is C72H90N18O39P7S7-7. The number of H-pyrrole nitrogens is 5. The first kappa shape index (κ1) is 111. The zero-order chi connectivity index (χ0) is 104. The molecule has 14 unspecified atom stereocenters. The number of hydrogen-bond acceptors (Lipinski definition) is 52. The number of fused-ring (bicyclic) bond motifs is 1. The van der Waals surface area contributed by atoms with Gasteiger partial charge in [-0.1, -0.05) is 77.8 Å². The summed E-state index contributed by atoms with van der Waals surface area (Å²) in [7, 11) is 1.00. The molecule has 786 valence electrons. The number of aryl methyl sites for hydroxylation is 6. The van der Waals surface area contributed by atoms with Gasteiger partial charge in [-0.15, -0.1) is 0 Å². The van der Waals surface area contributed by atoms with Gasteiger partial charge >= 0.3 is 34.1 Å². The molecule has 71 heteroatoms. The Kier molecular flexibility index (Phi) is 34.7. The highest BCUT2D eigenvalue weighted by molar-refractivity contribution is 8.32. The Morgan fingerprint density at radius 3 is 0.909 bits per heavy atom. The van der Waals surface area contributed by atoms with E-state index in [1.54, 1.807) is 13.8 Å². The number of aromatic amines is 5. The Labute approximate surface area is 839 Å². The summed E-state index contributed by atoms with van der Waals surface area (Å²) in [6.45, 7) is -28.9. The molecule has 0 bridgehead atoms. The van der Waals surface area contributed by atoms with Crippen molar-refractivity contribution in [2.75, 3.05) is 58.2 Å². The maximum Gasteiger partial charge on any atom is 0.351 e. The van der Waals surface area contributed by atoms with Crippen LogP contribution < -0.4 is 103 Å². The van der Waals surface area contributed by atoms with Crippen molar-refractivity contribution in [2.24, 2.45) is 0 Å². The molecule has 7 fully saturated rings. The van der Waals surface area contributed by atoms with Crippen LogP contribution in [-0.4, -0.2) is 209 Å². The number of aromatic nitrogens is 16. The first-order valence-electron chi connectivity index (χ1n) is 42.9. The third-order valence-corrected chi connectivity index (χ3v) is 34.7. The minimum atomic E-state index is -5.09. The van der Waals surface area contributed by atoms with Crippen LogP contribution in [0.3, 0.4) is 0 Å². The minimum absolute atomic E-state index is 0.00934. The monoisotopic (exact) mass is 2270 g/mol. The fourth-order valence-electron chi connectivity index (χ4n) is 16.4. The maximum atomic E-state index is 15.0. The second-order valence-electron chi connectivity index (χ2n) is 33.5. The number of hydrogen-bond donors (Lipinski definition) is 7. The normalized spacial score (nSPS) is 29.7. The molecule has 0 aromatic carbocycles. The van der Waals surface area contributed by atoms with Gasteiger partial charge in [-0.05, 0) is 48.0 Å². The van der Waals surface area contributed by atoms with Crippen LogP contribution in [0, 0.1) is 41.5 Å². The molecule has 7 saturated heterocycles. The summed E-state index contributed by atoms with van der Waals surface area (Å²) in [5.74, 6) is -0.159. The molecule has 28 atom stereocenters. The van der Waals surface area contributed by atoms with E-state index in [2.05, 4.69) is 44.9 Å². The fraction of sp³-hybridized carbons (Fsp3) is 0.597. The molecule has 9 N–H and O–H groups in total. The van der Waals surface area contributed by atoms with Crippen LogP contribution in [-0.2, 0) is 184 Å². The lowest BCUT2D eigenvalue weighted by atomic mass is 10.1. The minimum Gasteiger partial charge on any atom is -0.780 e. The van der Waals surface area contributed by atoms with Gasteiger partial charge in [-0.2, -0.15) is 4.98 Å². The third kappa shape index (κ3) is 26.9. The Hall–Kier alpha value is -6.17. The number of nitrogens with two attached hydrogens (primary N) is 2. The number of nitrogens with zero attached hydrogens (tertiary/aromatic N) is 11. The van der Waals surface area contributed by atoms with Gasteiger partial charge < -0.3 is 150 Å². The molecule has 143 heavy (non-hydrogen) atoms. The Bertz CT molecular complexity index is 7250. The number of nitrogen functional groups attached to an aromatic ring is 2. The van der Waals surface area contributed by atoms with Crippen molar-refractivity contribution in [3.05, 3.63) is 198 Å². The lowest BCUT2D eigenvalue weighted by Gasteiger charge is -2.36. The second kappa shape index (κ2) is 44.8. The fourth-order valence-corrected chi connectivity index (χ4v) is 26.1. The van der Waals surface area contributed by atoms with Crippen molar-refractivity contribution in [3.8, 4) is 0 Å². The molecule has 8 aromatic heterocycles. The number of imidazole rings is 1. The van der Waals surface area contributed by atoms with E-state index >= 15 is 0 Å². The van der Waals surface area contributed by atoms with Gasteiger partial charge in [0.25, 0.3) is 27.8 Å². The van der Waals surface area contributed by atoms with Crippen molar-refractivity contribution < 1.29 is 130 Å². The molecule has 0 saturated carbocycles. The van der Waals surface area contributed by atoms with Crippen molar-refractivity contribution >= 4 is 153 Å². The summed E-state index contributed by atoms with van der Waals surface area (Å²) in [5, 5.41) is 0. The van der Waals surface area contributed by atoms with Gasteiger partial charge in [0.05, 0.1) is 94.8 Å². The van der Waals surface area contributed by atoms with Gasteiger partial charge in [-0.25, -0.2) is 43.7 Å². The highest BCUT2D eigenvalue weighted by Crippen LogP contribution is 2.57. The van der Waals surface area contributed by atoms with Crippen LogP contribution in [0.25, 0.3) is 11.2 Å². The SMILES string of the molecule is CC[C@H]1O[C@@H](n2cc(C)c(=O)[nH]c2=O)CC1OP([O-])(=S)OC[C@H]1O[C@@H](n2cc(C)c(N)nc2=O)CC1OP(=O)([S-])OC[C@H]1O[C@@H](n2cnc3c(N)ncnc32)CC1OP([O-])(=S)OC[C@H]1O[C@@H](n2cc(C)c(=O)[nH]c2=O)CC1OP([O-])(=S)OC[C@H]1O[C@@H](n2cc(C)c(=O)[nH]c2=O)CC1OP([O-])(=S)OC[C@H]1O[C@@H](n2cc(C)c(=O)[nH]c2=O)CC1OP([O-])(=S)OC[C@H]1O[C@@H](n2cc(C)c(=O)[nH]c2=O)CC1OP([O-])(=S)OC. The maximum absolute atomic E-state index is 15.0. The Morgan fingerprint density at radius 1 is 0.364 bits per heavy atom. The predicted molar refractivity (Wildman–Crippen MR) is 505 cm³/mol. The van der Waals surface area contributed by atoms with Crippen LogP contribution in [0.5, 0.6) is 0 Å². The molecule has 0 radical (unpaired) electrons. The molecule has 0 amide bonds. The van der Waals surface area contributed by atoms with Crippen LogP contribution in [0.1, 0.15) is 135 Å². The number of rotatable bonds is 41. The van der Waals surface area contributed by atoms with E-state index in [1.165, 1.54) is 64.1 Å². The van der Waals surface area contributed by atoms with Gasteiger partial charge in [0, 0.05) is 123 Å². The molecule has 7 aliphatic rings. The molecule has 15 heterocycles. The first-order valence-corrected chi connectivity index (χ1v) is 60.8. The summed E-state index contributed by atoms with van der Waals surface area (Å²) in [4.78, 5) is 256. The molecular weight excluding hydrogens is 2180 g/mol. The number of ether oxygens (including phenoxy) is 7. The zero-order valence-corrected chi connectivity index (χ0v) is 87.6. The summed E-state index contributed by atoms with van der Waals surface area (Å²) in [5.41, 5.74) is 3.60. The highest BCUT2D eigenvalue weighted by atomic mass is 32.7. The van der Waals surface area contributed by atoms with E-state index in [0.29, 0.717) is 5.56 Å². The Balaban J connectivity index is 0.635. The van der Waals surface area contributed by atoms with E-state index in [0.717, 1.165) is 59.4 Å². The second-order valence-corrected chi connectivity index (χ2v) is 52.6. The summed E-state index contributed by atoms with van der Waals surface area (Å²) in [6, 6.07) is 0. The van der Waals surface area contributed by atoms with E-state index in [-0.39, 0.29) is 82.7 Å². The van der Waals surface area contributed by atoms with Crippen molar-refractivity contribution in [1.29, 1.82) is 0 Å². The van der Waals surface area contributed by atoms with Crippen molar-refractivity contribution in [3.63, 3.8) is 0 Å². The van der Waals surface area contributed by atoms with Gasteiger partial charge in [0.2, 0.25) is 0 Å². The average molecular weight is 2270 g/mol. The molecule has 57 nitrogen and oxygen atoms in total. The topological polar surface area (TPSA) is 754 Å². The summed E-state index contributed by atoms with van der Waals surface area (Å²) < 4.78 is 147. The average Bonchev–Trinajstić information content (AvgIpc) is 1.63. The predicted octanol–water partition coefficient (Wildman–Crippen LogP) is -3.12. The van der Waals surface area contributed by atoms with Crippen LogP contribution in [0.4, 0.5) is 11.6 Å². The highest BCUT2D eigenvalue weighted by Gasteiger charge is 2.49. The van der Waals surface area contributed by atoms with Crippen molar-refractivity contribution in [1.82, 2.24) is 76.8 Å². The lowest BCUT2D eigenvalue weighted by molar-refractivity contribution is -0.221. The van der Waals surface area contributed by atoms with Gasteiger partial charge in [0.15, 0.2) is 18.3 Å². The van der Waals surface area contributed by atoms with Crippen molar-refractivity contribution in [2.45, 2.75) is 229 Å². The molecule has 7 aliphatic heterocycles. The van der Waals surface area contributed by atoms with Crippen LogP contribution in [0.15, 0.2) is 103 Å². The quantitative estimate of drug-likeness (QED) is 0.0147. The lowest BCUT2D eigenvalue weighted by Crippen LogP contribution is -2.35. The first-order chi connectivity index (χ1) is 67.1. The van der Waals surface area contributed by atoms with Crippen LogP contribution >= 0.6 is 47.1 Å². The number of anilines is 2. The van der Waals surface area contributed by atoms with E-state index in [9.17, 15) is 86.7 Å². The zero-order valence-electron chi connectivity index (χ0n) is 75.6. The molecule has 8 aromatic rings. The number of nitrogens with one attached hydrogen (secondary N) is 5. The van der Waals surface area contributed by atoms with Crippen LogP contribution in [0.2, 0.25) is 0 Å². The standard InChI is InChI=1S/C72H97N18O39P7S7/c1-9-37-38(10-51(116-37)85-18-32(3)62(91)79-68(85)97)124-131(103,138)110-24-46-40(12-52(118-46)84-17-31(2)59(73)78-67(84)96)125-135(107,142)115-28-50-44(16-57(122-50)90-30-77-58-60(74)75-29-76-61(58)90)129-136(108,143)114-27-49-43(15-56(121-49)89-22-36(7)66(95)83-72(89)101)128-134(106,141)113-26-48-42(14-55(120-48)88-21-35(6)65(94)82-71(88)100)127-133(105,140)112-25-47-41(13-54(119-47)87-20-34(5)64(93)81-70(87)99)126-132(104,139)111-23-45-39(123-130(102,137)109-8)11-53(117-45)86-19-33(4)63(92)80-69(86)98/h17-22,29-30,37-57H,9-16,23-28H2,1-8H3,(H,102,137)(H,103,138)(H,104,139)(H,105,140)(H,106,141)(H,107,142)(H,108,143)(H2,73,78,96)(H2,74,75,76)(H,79,91,97)(H,80,92,98)(H,81,93,99)(H,82,94,100)(H,83,95,101)/p-7/t37-,38?,39?,40?,41?,42?,43?,44?,45-,46-,47-,48-,49-,50-,51-,52-,53-,54-,55-,56-,57-,130?,131?,132?,133?,134?,135?,136?/m1/s1. The van der Waals surface area contributed by atoms with E-state index in [4.69, 9.17) is 191 Å². The van der Waals surface area contributed by atoms with E-state index < -0.39 is 297 Å². The summed E-state index contributed by atoms with van der Waals surface area (Å²) >= 11 is 37.7. The van der Waals surface area contributed by atoms with Gasteiger partial charge in [0.1, 0.15) is 138 Å². The summed E-state index contributed by atoms with van der Waals surface area (Å²) in [6.07, 6.45) is -22.2. The molecule has 15 rings (SSSR count). The van der Waals surface area contributed by atoms with E-state index in [1.807, 2.05) is 0 Å². The van der Waals surface area contributed by atoms with Gasteiger partial charge in [-0.3, -0.25) is 85.4 Å². The smallest absolute Gasteiger partial charge is 0.351 e. The third-order valence-electron chi connectivity index (χ3n) is 23.6.